The maximum atomic E-state index is 12.2. The first-order valence-corrected chi connectivity index (χ1v) is 7.10. The quantitative estimate of drug-likeness (QED) is 0.517. The zero-order chi connectivity index (χ0) is 14.1. The third-order valence-corrected chi connectivity index (χ3v) is 4.18. The van der Waals surface area contributed by atoms with Crippen molar-refractivity contribution in [2.45, 2.75) is 19.3 Å². The van der Waals surface area contributed by atoms with Gasteiger partial charge in [-0.1, -0.05) is 29.4 Å². The number of oxime groups is 1. The number of aromatic nitrogens is 1. The predicted octanol–water partition coefficient (Wildman–Crippen LogP) is 2.62. The third-order valence-electron chi connectivity index (χ3n) is 3.43. The van der Waals surface area contributed by atoms with E-state index >= 15 is 0 Å². The molecule has 1 unspecified atom stereocenters. The van der Waals surface area contributed by atoms with Crippen LogP contribution in [-0.2, 0) is 11.2 Å². The smallest absolute Gasteiger partial charge is 0.234 e. The number of fused-ring (bicyclic) bond motifs is 1. The standard InChI is InChI=1S/C14H13N3O2S/c1-8(17-19)12-7-20-14(15-12)16-13(18)11-6-9-4-2-3-5-10(9)11/h2-5,7,11,19H,6H2,1H3,(H,15,16,18). The maximum absolute atomic E-state index is 12.2. The van der Waals surface area contributed by atoms with Crippen molar-refractivity contribution in [1.29, 1.82) is 0 Å². The van der Waals surface area contributed by atoms with Crippen LogP contribution < -0.4 is 5.32 Å². The van der Waals surface area contributed by atoms with E-state index in [2.05, 4.69) is 15.5 Å². The van der Waals surface area contributed by atoms with Crippen LogP contribution in [0.4, 0.5) is 5.13 Å². The Balaban J connectivity index is 1.70. The molecule has 3 rings (SSSR count). The molecule has 0 bridgehead atoms. The van der Waals surface area contributed by atoms with Crippen LogP contribution in [0.5, 0.6) is 0 Å². The summed E-state index contributed by atoms with van der Waals surface area (Å²) in [6.45, 7) is 1.66. The van der Waals surface area contributed by atoms with Gasteiger partial charge in [-0.2, -0.15) is 0 Å². The van der Waals surface area contributed by atoms with Crippen LogP contribution in [0.2, 0.25) is 0 Å². The van der Waals surface area contributed by atoms with Crippen LogP contribution in [0.15, 0.2) is 34.8 Å². The molecule has 0 radical (unpaired) electrons. The molecule has 0 saturated heterocycles. The predicted molar refractivity (Wildman–Crippen MR) is 77.6 cm³/mol. The Labute approximate surface area is 120 Å². The van der Waals surface area contributed by atoms with Gasteiger partial charge in [0.05, 0.1) is 5.92 Å². The molecule has 1 heterocycles. The topological polar surface area (TPSA) is 74.6 Å². The highest BCUT2D eigenvalue weighted by Crippen LogP contribution is 2.35. The number of rotatable bonds is 3. The zero-order valence-electron chi connectivity index (χ0n) is 10.8. The summed E-state index contributed by atoms with van der Waals surface area (Å²) in [5, 5.41) is 16.9. The summed E-state index contributed by atoms with van der Waals surface area (Å²) in [5.41, 5.74) is 3.32. The monoisotopic (exact) mass is 287 g/mol. The molecular formula is C14H13N3O2S. The van der Waals surface area contributed by atoms with E-state index in [0.717, 1.165) is 12.0 Å². The van der Waals surface area contributed by atoms with E-state index in [0.29, 0.717) is 16.5 Å². The summed E-state index contributed by atoms with van der Waals surface area (Å²) in [5.74, 6) is -0.130. The molecule has 0 saturated carbocycles. The number of benzene rings is 1. The SMILES string of the molecule is CC(=NO)c1csc(NC(=O)C2Cc3ccccc32)n1. The van der Waals surface area contributed by atoms with Crippen LogP contribution in [0, 0.1) is 0 Å². The minimum atomic E-state index is -0.0915. The molecule has 20 heavy (non-hydrogen) atoms. The Morgan fingerprint density at radius 2 is 2.30 bits per heavy atom. The van der Waals surface area contributed by atoms with Gasteiger partial charge >= 0.3 is 0 Å². The van der Waals surface area contributed by atoms with Gasteiger partial charge in [0.2, 0.25) is 5.91 Å². The van der Waals surface area contributed by atoms with Crippen LogP contribution in [0.1, 0.15) is 29.7 Å². The Hall–Kier alpha value is -2.21. The van der Waals surface area contributed by atoms with E-state index < -0.39 is 0 Å². The zero-order valence-corrected chi connectivity index (χ0v) is 11.6. The van der Waals surface area contributed by atoms with Gasteiger partial charge in [0.25, 0.3) is 0 Å². The van der Waals surface area contributed by atoms with Crippen molar-refractivity contribution in [3.05, 3.63) is 46.5 Å². The van der Waals surface area contributed by atoms with Gasteiger partial charge < -0.3 is 10.5 Å². The van der Waals surface area contributed by atoms with Crippen LogP contribution in [-0.4, -0.2) is 21.8 Å². The Kier molecular flexibility index (Phi) is 3.23. The summed E-state index contributed by atoms with van der Waals surface area (Å²) < 4.78 is 0. The van der Waals surface area contributed by atoms with Gasteiger partial charge in [-0.25, -0.2) is 4.98 Å². The van der Waals surface area contributed by atoms with E-state index in [9.17, 15) is 4.79 Å². The first kappa shape index (κ1) is 12.8. The van der Waals surface area contributed by atoms with E-state index in [4.69, 9.17) is 5.21 Å². The number of nitrogens with one attached hydrogen (secondary N) is 1. The van der Waals surface area contributed by atoms with Gasteiger partial charge in [-0.3, -0.25) is 4.79 Å². The Bertz CT molecular complexity index is 693. The lowest BCUT2D eigenvalue weighted by molar-refractivity contribution is -0.118. The summed E-state index contributed by atoms with van der Waals surface area (Å²) >= 11 is 1.32. The molecule has 0 fully saturated rings. The fourth-order valence-corrected chi connectivity index (χ4v) is 2.99. The van der Waals surface area contributed by atoms with Crippen molar-refractivity contribution in [1.82, 2.24) is 4.98 Å². The van der Waals surface area contributed by atoms with Crippen molar-refractivity contribution >= 4 is 28.1 Å². The number of carbonyl (C=O) groups excluding carboxylic acids is 1. The van der Waals surface area contributed by atoms with Gasteiger partial charge in [0, 0.05) is 5.38 Å². The highest BCUT2D eigenvalue weighted by molar-refractivity contribution is 7.14. The second-order valence-electron chi connectivity index (χ2n) is 4.67. The van der Waals surface area contributed by atoms with Crippen molar-refractivity contribution in [3.8, 4) is 0 Å². The van der Waals surface area contributed by atoms with Gasteiger partial charge in [0.15, 0.2) is 5.13 Å². The van der Waals surface area contributed by atoms with Crippen LogP contribution in [0.3, 0.4) is 0 Å². The number of nitrogens with zero attached hydrogens (tertiary/aromatic N) is 2. The molecule has 0 spiro atoms. The maximum Gasteiger partial charge on any atom is 0.234 e. The minimum absolute atomic E-state index is 0.0387. The van der Waals surface area contributed by atoms with Crippen molar-refractivity contribution < 1.29 is 10.0 Å². The van der Waals surface area contributed by atoms with Crippen molar-refractivity contribution in [2.75, 3.05) is 5.32 Å². The molecule has 102 valence electrons. The lowest BCUT2D eigenvalue weighted by Crippen LogP contribution is -2.30. The van der Waals surface area contributed by atoms with E-state index in [1.165, 1.54) is 16.9 Å². The largest absolute Gasteiger partial charge is 0.411 e. The summed E-state index contributed by atoms with van der Waals surface area (Å²) in [6, 6.07) is 7.96. The second-order valence-corrected chi connectivity index (χ2v) is 5.53. The normalized spacial score (nSPS) is 17.2. The molecule has 5 nitrogen and oxygen atoms in total. The van der Waals surface area contributed by atoms with Crippen LogP contribution >= 0.6 is 11.3 Å². The summed E-state index contributed by atoms with van der Waals surface area (Å²) in [6.07, 6.45) is 0.775. The fraction of sp³-hybridized carbons (Fsp3) is 0.214. The summed E-state index contributed by atoms with van der Waals surface area (Å²) in [7, 11) is 0. The average molecular weight is 287 g/mol. The molecule has 0 aliphatic heterocycles. The number of hydrogen-bond donors (Lipinski definition) is 2. The molecule has 1 amide bonds. The van der Waals surface area contributed by atoms with Gasteiger partial charge in [-0.05, 0) is 24.5 Å². The third kappa shape index (κ3) is 2.18. The number of carbonyl (C=O) groups is 1. The number of hydrogen-bond acceptors (Lipinski definition) is 5. The minimum Gasteiger partial charge on any atom is -0.411 e. The first-order chi connectivity index (χ1) is 9.69. The van der Waals surface area contributed by atoms with E-state index in [1.807, 2.05) is 24.3 Å². The molecule has 1 aliphatic rings. The number of amides is 1. The van der Waals surface area contributed by atoms with E-state index in [-0.39, 0.29) is 11.8 Å². The molecule has 1 atom stereocenters. The average Bonchev–Trinajstić information content (AvgIpc) is 2.87. The molecule has 6 heteroatoms. The molecule has 1 aromatic heterocycles. The van der Waals surface area contributed by atoms with Crippen molar-refractivity contribution in [3.63, 3.8) is 0 Å². The first-order valence-electron chi connectivity index (χ1n) is 6.22. The molecule has 2 N–H and O–H groups in total. The highest BCUT2D eigenvalue weighted by Gasteiger charge is 2.32. The summed E-state index contributed by atoms with van der Waals surface area (Å²) in [4.78, 5) is 16.4. The Morgan fingerprint density at radius 3 is 3.05 bits per heavy atom. The lowest BCUT2D eigenvalue weighted by atomic mass is 9.77. The van der Waals surface area contributed by atoms with Crippen molar-refractivity contribution in [2.24, 2.45) is 5.16 Å². The molecule has 1 aromatic carbocycles. The number of anilines is 1. The van der Waals surface area contributed by atoms with E-state index in [1.54, 1.807) is 12.3 Å². The Morgan fingerprint density at radius 1 is 1.50 bits per heavy atom. The lowest BCUT2D eigenvalue weighted by Gasteiger charge is -2.28. The molecule has 1 aliphatic carbocycles. The second kappa shape index (κ2) is 5.05. The van der Waals surface area contributed by atoms with Gasteiger partial charge in [0.1, 0.15) is 11.4 Å². The fourth-order valence-electron chi connectivity index (χ4n) is 2.23. The highest BCUT2D eigenvalue weighted by atomic mass is 32.1. The van der Waals surface area contributed by atoms with Crippen LogP contribution in [0.25, 0.3) is 0 Å². The molecule has 2 aromatic rings. The van der Waals surface area contributed by atoms with Gasteiger partial charge in [-0.15, -0.1) is 11.3 Å². The molecular weight excluding hydrogens is 274 g/mol. The number of thiazole rings is 1.